The molecule has 0 atom stereocenters. The van der Waals surface area contributed by atoms with Gasteiger partial charge in [0.2, 0.25) is 0 Å². The number of aliphatic hydroxyl groups excluding tert-OH is 1. The highest BCUT2D eigenvalue weighted by Gasteiger charge is 2.10. The van der Waals surface area contributed by atoms with E-state index in [1.165, 1.54) is 0 Å². The van der Waals surface area contributed by atoms with Gasteiger partial charge in [-0.25, -0.2) is 0 Å². The molecule has 5 heteroatoms. The minimum Gasteiger partial charge on any atom is -0.480 e. The predicted octanol–water partition coefficient (Wildman–Crippen LogP) is 2.39. The molecule has 100 valence electrons. The Morgan fingerprint density at radius 2 is 2.06 bits per heavy atom. The fourth-order valence-corrected chi connectivity index (χ4v) is 1.91. The Labute approximate surface area is 112 Å². The van der Waals surface area contributed by atoms with Crippen molar-refractivity contribution in [2.45, 2.75) is 19.3 Å². The second-order valence-electron chi connectivity index (χ2n) is 4.08. The minimum absolute atomic E-state index is 0.0422. The van der Waals surface area contributed by atoms with Crippen molar-refractivity contribution in [2.75, 3.05) is 24.6 Å². The molecule has 4 nitrogen and oxygen atoms in total. The van der Waals surface area contributed by atoms with Gasteiger partial charge in [0.25, 0.3) is 0 Å². The Bertz CT molecular complexity index is 384. The number of carboxylic acid groups (broad SMARTS) is 1. The Kier molecular flexibility index (Phi) is 6.54. The lowest BCUT2D eigenvalue weighted by Gasteiger charge is -2.23. The van der Waals surface area contributed by atoms with Crippen LogP contribution in [0.25, 0.3) is 0 Å². The monoisotopic (exact) mass is 271 g/mol. The lowest BCUT2D eigenvalue weighted by molar-refractivity contribution is -0.135. The summed E-state index contributed by atoms with van der Waals surface area (Å²) in [4.78, 5) is 12.6. The highest BCUT2D eigenvalue weighted by molar-refractivity contribution is 6.30. The van der Waals surface area contributed by atoms with Crippen molar-refractivity contribution in [3.8, 4) is 0 Å². The minimum atomic E-state index is -0.864. The molecule has 0 aliphatic heterocycles. The van der Waals surface area contributed by atoms with Crippen molar-refractivity contribution in [3.63, 3.8) is 0 Å². The van der Waals surface area contributed by atoms with Gasteiger partial charge in [0.05, 0.1) is 0 Å². The lowest BCUT2D eigenvalue weighted by atomic mass is 10.2. The first-order valence-electron chi connectivity index (χ1n) is 5.96. The number of aliphatic carboxylic acids is 1. The van der Waals surface area contributed by atoms with Gasteiger partial charge in [0, 0.05) is 23.9 Å². The maximum atomic E-state index is 10.8. The summed E-state index contributed by atoms with van der Waals surface area (Å²) >= 11 is 5.90. The van der Waals surface area contributed by atoms with E-state index in [-0.39, 0.29) is 13.2 Å². The van der Waals surface area contributed by atoms with Crippen molar-refractivity contribution in [2.24, 2.45) is 0 Å². The van der Waals surface area contributed by atoms with Crippen LogP contribution in [-0.4, -0.2) is 35.9 Å². The zero-order valence-electron chi connectivity index (χ0n) is 10.2. The second-order valence-corrected chi connectivity index (χ2v) is 4.52. The number of hydrogen-bond acceptors (Lipinski definition) is 3. The molecule has 18 heavy (non-hydrogen) atoms. The molecule has 1 aromatic rings. The van der Waals surface area contributed by atoms with Gasteiger partial charge in [-0.1, -0.05) is 17.7 Å². The molecule has 0 radical (unpaired) electrons. The van der Waals surface area contributed by atoms with E-state index in [1.54, 1.807) is 23.1 Å². The van der Waals surface area contributed by atoms with Crippen LogP contribution in [0.5, 0.6) is 0 Å². The summed E-state index contributed by atoms with van der Waals surface area (Å²) in [5.74, 6) is -0.864. The zero-order valence-corrected chi connectivity index (χ0v) is 10.9. The number of carbonyl (C=O) groups is 1. The Morgan fingerprint density at radius 3 is 2.67 bits per heavy atom. The molecular weight excluding hydrogens is 254 g/mol. The van der Waals surface area contributed by atoms with E-state index in [0.29, 0.717) is 11.6 Å². The molecule has 0 heterocycles. The van der Waals surface area contributed by atoms with Gasteiger partial charge in [-0.05, 0) is 37.5 Å². The number of anilines is 1. The van der Waals surface area contributed by atoms with Crippen molar-refractivity contribution in [1.29, 1.82) is 0 Å². The summed E-state index contributed by atoms with van der Waals surface area (Å²) in [6.07, 6.45) is 2.48. The summed E-state index contributed by atoms with van der Waals surface area (Å²) in [5, 5.41) is 18.2. The van der Waals surface area contributed by atoms with E-state index >= 15 is 0 Å². The maximum absolute atomic E-state index is 10.8. The van der Waals surface area contributed by atoms with Gasteiger partial charge >= 0.3 is 5.97 Å². The molecule has 2 N–H and O–H groups in total. The van der Waals surface area contributed by atoms with Crippen LogP contribution in [0.3, 0.4) is 0 Å². The molecule has 1 rings (SSSR count). The van der Waals surface area contributed by atoms with Gasteiger partial charge in [-0.2, -0.15) is 0 Å². The third-order valence-corrected chi connectivity index (χ3v) is 2.82. The summed E-state index contributed by atoms with van der Waals surface area (Å²) in [6, 6.07) is 7.17. The van der Waals surface area contributed by atoms with Gasteiger partial charge in [0.15, 0.2) is 0 Å². The van der Waals surface area contributed by atoms with Crippen LogP contribution in [-0.2, 0) is 4.79 Å². The first-order valence-corrected chi connectivity index (χ1v) is 6.34. The third kappa shape index (κ3) is 5.38. The quantitative estimate of drug-likeness (QED) is 0.713. The summed E-state index contributed by atoms with van der Waals surface area (Å²) in [7, 11) is 0. The average molecular weight is 272 g/mol. The topological polar surface area (TPSA) is 60.8 Å². The number of nitrogens with zero attached hydrogens (tertiary/aromatic N) is 1. The standard InChI is InChI=1S/C13H18ClNO3/c14-11-5-4-6-12(9-11)15(10-13(17)18)7-2-1-3-8-16/h4-6,9,16H,1-3,7-8,10H2,(H,17,18). The number of hydrogen-bond donors (Lipinski definition) is 2. The van der Waals surface area contributed by atoms with Crippen LogP contribution in [0, 0.1) is 0 Å². The van der Waals surface area contributed by atoms with Gasteiger partial charge in [0.1, 0.15) is 6.54 Å². The van der Waals surface area contributed by atoms with E-state index < -0.39 is 5.97 Å². The molecule has 0 aliphatic rings. The SMILES string of the molecule is O=C(O)CN(CCCCCO)c1cccc(Cl)c1. The fourth-order valence-electron chi connectivity index (χ4n) is 1.73. The van der Waals surface area contributed by atoms with E-state index in [1.807, 2.05) is 6.07 Å². The van der Waals surface area contributed by atoms with Crippen molar-refractivity contribution >= 4 is 23.3 Å². The predicted molar refractivity (Wildman–Crippen MR) is 72.2 cm³/mol. The van der Waals surface area contributed by atoms with Crippen LogP contribution >= 0.6 is 11.6 Å². The van der Waals surface area contributed by atoms with Crippen LogP contribution in [0.15, 0.2) is 24.3 Å². The molecule has 1 aromatic carbocycles. The molecule has 0 bridgehead atoms. The van der Waals surface area contributed by atoms with E-state index in [0.717, 1.165) is 24.9 Å². The van der Waals surface area contributed by atoms with E-state index in [9.17, 15) is 4.79 Å². The molecule has 0 saturated carbocycles. The molecule has 0 saturated heterocycles. The second kappa shape index (κ2) is 7.95. The van der Waals surface area contributed by atoms with E-state index in [2.05, 4.69) is 0 Å². The highest BCUT2D eigenvalue weighted by atomic mass is 35.5. The normalized spacial score (nSPS) is 10.3. The first-order chi connectivity index (χ1) is 8.63. The highest BCUT2D eigenvalue weighted by Crippen LogP contribution is 2.19. The van der Waals surface area contributed by atoms with Crippen molar-refractivity contribution in [1.82, 2.24) is 0 Å². The summed E-state index contributed by atoms with van der Waals surface area (Å²) < 4.78 is 0. The Hall–Kier alpha value is -1.26. The summed E-state index contributed by atoms with van der Waals surface area (Å²) in [5.41, 5.74) is 0.814. The first kappa shape index (κ1) is 14.8. The molecule has 0 fully saturated rings. The number of unbranched alkanes of at least 4 members (excludes halogenated alkanes) is 2. The van der Waals surface area contributed by atoms with Crippen molar-refractivity contribution in [3.05, 3.63) is 29.3 Å². The lowest BCUT2D eigenvalue weighted by Crippen LogP contribution is -2.30. The molecule has 0 aliphatic carbocycles. The van der Waals surface area contributed by atoms with Crippen molar-refractivity contribution < 1.29 is 15.0 Å². The number of aliphatic hydroxyl groups is 1. The maximum Gasteiger partial charge on any atom is 0.323 e. The van der Waals surface area contributed by atoms with Gasteiger partial charge in [-0.15, -0.1) is 0 Å². The third-order valence-electron chi connectivity index (χ3n) is 2.59. The largest absolute Gasteiger partial charge is 0.480 e. The van der Waals surface area contributed by atoms with Crippen LogP contribution in [0.1, 0.15) is 19.3 Å². The Balaban J connectivity index is 2.62. The average Bonchev–Trinajstić information content (AvgIpc) is 2.32. The zero-order chi connectivity index (χ0) is 13.4. The van der Waals surface area contributed by atoms with E-state index in [4.69, 9.17) is 21.8 Å². The number of carboxylic acids is 1. The number of rotatable bonds is 8. The van der Waals surface area contributed by atoms with Crippen LogP contribution < -0.4 is 4.90 Å². The molecule has 0 unspecified atom stereocenters. The Morgan fingerprint density at radius 1 is 1.28 bits per heavy atom. The summed E-state index contributed by atoms with van der Waals surface area (Å²) in [6.45, 7) is 0.780. The molecule has 0 spiro atoms. The molecule has 0 aromatic heterocycles. The molecule has 0 amide bonds. The molecular formula is C13H18ClNO3. The smallest absolute Gasteiger partial charge is 0.323 e. The van der Waals surface area contributed by atoms with Gasteiger partial charge < -0.3 is 15.1 Å². The van der Waals surface area contributed by atoms with Crippen LogP contribution in [0.4, 0.5) is 5.69 Å². The fraction of sp³-hybridized carbons (Fsp3) is 0.462. The number of benzene rings is 1. The van der Waals surface area contributed by atoms with Gasteiger partial charge in [-0.3, -0.25) is 4.79 Å². The van der Waals surface area contributed by atoms with Crippen LogP contribution in [0.2, 0.25) is 5.02 Å². The number of halogens is 1.